The van der Waals surface area contributed by atoms with Gasteiger partial charge in [-0.05, 0) is 27.7 Å². The standard InChI is InChI=1S/C12H20O6/c1-10(2)14-6-12(18-10)9-8(7(5-13)15-12)16-11(3,4)17-9/h7-9,13H,5-6H2,1-4H3/t7-,8-,9-,12?/m0/s1. The Morgan fingerprint density at radius 1 is 1.06 bits per heavy atom. The fourth-order valence-electron chi connectivity index (χ4n) is 2.88. The van der Waals surface area contributed by atoms with Crippen molar-refractivity contribution in [2.24, 2.45) is 0 Å². The van der Waals surface area contributed by atoms with E-state index in [1.165, 1.54) is 0 Å². The number of aliphatic hydroxyl groups excluding tert-OH is 1. The van der Waals surface area contributed by atoms with E-state index in [9.17, 15) is 5.11 Å². The molecule has 3 fully saturated rings. The van der Waals surface area contributed by atoms with Crippen molar-refractivity contribution in [2.75, 3.05) is 13.2 Å². The molecule has 18 heavy (non-hydrogen) atoms. The number of hydrogen-bond acceptors (Lipinski definition) is 6. The van der Waals surface area contributed by atoms with Crippen molar-refractivity contribution >= 4 is 0 Å². The Morgan fingerprint density at radius 2 is 1.78 bits per heavy atom. The van der Waals surface area contributed by atoms with Gasteiger partial charge in [-0.3, -0.25) is 0 Å². The van der Waals surface area contributed by atoms with Gasteiger partial charge in [-0.1, -0.05) is 0 Å². The van der Waals surface area contributed by atoms with Crippen LogP contribution >= 0.6 is 0 Å². The Labute approximate surface area is 106 Å². The molecular formula is C12H20O6. The van der Waals surface area contributed by atoms with Gasteiger partial charge in [0.1, 0.15) is 24.9 Å². The van der Waals surface area contributed by atoms with Crippen LogP contribution in [0.3, 0.4) is 0 Å². The van der Waals surface area contributed by atoms with E-state index < -0.39 is 23.5 Å². The highest BCUT2D eigenvalue weighted by molar-refractivity contribution is 5.05. The Kier molecular flexibility index (Phi) is 2.59. The Hall–Kier alpha value is -0.240. The van der Waals surface area contributed by atoms with Crippen LogP contribution in [0.5, 0.6) is 0 Å². The topological polar surface area (TPSA) is 66.4 Å². The van der Waals surface area contributed by atoms with E-state index in [1.54, 1.807) is 0 Å². The highest BCUT2D eigenvalue weighted by Crippen LogP contribution is 2.49. The fraction of sp³-hybridized carbons (Fsp3) is 1.00. The lowest BCUT2D eigenvalue weighted by molar-refractivity contribution is -0.298. The summed E-state index contributed by atoms with van der Waals surface area (Å²) in [5, 5.41) is 9.40. The number of fused-ring (bicyclic) bond motifs is 2. The third-order valence-electron chi connectivity index (χ3n) is 3.50. The number of aliphatic hydroxyl groups is 1. The van der Waals surface area contributed by atoms with Crippen molar-refractivity contribution in [3.63, 3.8) is 0 Å². The normalized spacial score (nSPS) is 48.8. The van der Waals surface area contributed by atoms with Crippen molar-refractivity contribution in [3.05, 3.63) is 0 Å². The molecule has 1 N–H and O–H groups in total. The van der Waals surface area contributed by atoms with Crippen LogP contribution in [0, 0.1) is 0 Å². The van der Waals surface area contributed by atoms with Crippen LogP contribution < -0.4 is 0 Å². The van der Waals surface area contributed by atoms with Gasteiger partial charge in [-0.2, -0.15) is 0 Å². The molecule has 0 aromatic rings. The average molecular weight is 260 g/mol. The molecule has 0 bridgehead atoms. The average Bonchev–Trinajstić information content (AvgIpc) is 2.81. The maximum absolute atomic E-state index is 9.40. The van der Waals surface area contributed by atoms with Crippen molar-refractivity contribution in [2.45, 2.75) is 63.4 Å². The fourth-order valence-corrected chi connectivity index (χ4v) is 2.88. The quantitative estimate of drug-likeness (QED) is 0.735. The molecular weight excluding hydrogens is 240 g/mol. The molecule has 3 aliphatic heterocycles. The molecule has 3 rings (SSSR count). The van der Waals surface area contributed by atoms with Gasteiger partial charge in [-0.15, -0.1) is 0 Å². The highest BCUT2D eigenvalue weighted by atomic mass is 16.9. The summed E-state index contributed by atoms with van der Waals surface area (Å²) in [6, 6.07) is 0. The lowest BCUT2D eigenvalue weighted by Gasteiger charge is -2.30. The van der Waals surface area contributed by atoms with Gasteiger partial charge in [0.25, 0.3) is 0 Å². The van der Waals surface area contributed by atoms with Crippen LogP contribution in [0.25, 0.3) is 0 Å². The lowest BCUT2D eigenvalue weighted by Crippen LogP contribution is -2.46. The van der Waals surface area contributed by atoms with Crippen LogP contribution in [0.4, 0.5) is 0 Å². The zero-order valence-electron chi connectivity index (χ0n) is 11.1. The first-order valence-corrected chi connectivity index (χ1v) is 6.25. The second kappa shape index (κ2) is 3.65. The van der Waals surface area contributed by atoms with Crippen LogP contribution in [0.2, 0.25) is 0 Å². The first-order chi connectivity index (χ1) is 8.27. The molecule has 6 heteroatoms. The van der Waals surface area contributed by atoms with Gasteiger partial charge in [-0.25, -0.2) is 0 Å². The van der Waals surface area contributed by atoms with Crippen LogP contribution in [0.15, 0.2) is 0 Å². The lowest BCUT2D eigenvalue weighted by atomic mass is 10.1. The van der Waals surface area contributed by atoms with Gasteiger partial charge >= 0.3 is 0 Å². The van der Waals surface area contributed by atoms with Gasteiger partial charge in [0, 0.05) is 0 Å². The van der Waals surface area contributed by atoms with E-state index in [0.717, 1.165) is 0 Å². The maximum Gasteiger partial charge on any atom is 0.224 e. The monoisotopic (exact) mass is 260 g/mol. The van der Waals surface area contributed by atoms with E-state index in [-0.39, 0.29) is 25.4 Å². The summed E-state index contributed by atoms with van der Waals surface area (Å²) < 4.78 is 28.9. The molecule has 0 saturated carbocycles. The van der Waals surface area contributed by atoms with E-state index in [2.05, 4.69) is 0 Å². The zero-order chi connectivity index (χ0) is 13.2. The Balaban J connectivity index is 1.89. The SMILES string of the molecule is CC1(C)O[C@H]2[C@H](CO)OC3(COC(C)(C)O3)[C@H]2O1. The smallest absolute Gasteiger partial charge is 0.224 e. The summed E-state index contributed by atoms with van der Waals surface area (Å²) >= 11 is 0. The van der Waals surface area contributed by atoms with E-state index in [0.29, 0.717) is 0 Å². The van der Waals surface area contributed by atoms with Crippen molar-refractivity contribution in [3.8, 4) is 0 Å². The number of ether oxygens (including phenoxy) is 5. The maximum atomic E-state index is 9.40. The molecule has 0 aromatic heterocycles. The molecule has 104 valence electrons. The predicted molar refractivity (Wildman–Crippen MR) is 59.6 cm³/mol. The first kappa shape index (κ1) is 12.8. The van der Waals surface area contributed by atoms with Gasteiger partial charge in [0.15, 0.2) is 11.6 Å². The van der Waals surface area contributed by atoms with E-state index >= 15 is 0 Å². The molecule has 1 spiro atoms. The van der Waals surface area contributed by atoms with Gasteiger partial charge in [0.05, 0.1) is 6.61 Å². The minimum absolute atomic E-state index is 0.133. The molecule has 0 radical (unpaired) electrons. The van der Waals surface area contributed by atoms with E-state index in [4.69, 9.17) is 23.7 Å². The van der Waals surface area contributed by atoms with Crippen molar-refractivity contribution in [1.29, 1.82) is 0 Å². The van der Waals surface area contributed by atoms with Crippen molar-refractivity contribution < 1.29 is 28.8 Å². The third-order valence-corrected chi connectivity index (χ3v) is 3.50. The summed E-state index contributed by atoms with van der Waals surface area (Å²) in [6.07, 6.45) is -1.16. The molecule has 4 atom stereocenters. The Morgan fingerprint density at radius 3 is 2.33 bits per heavy atom. The summed E-state index contributed by atoms with van der Waals surface area (Å²) in [6.45, 7) is 7.48. The molecule has 0 aliphatic carbocycles. The molecule has 1 unspecified atom stereocenters. The van der Waals surface area contributed by atoms with Crippen LogP contribution in [0.1, 0.15) is 27.7 Å². The molecule has 0 amide bonds. The second-order valence-corrected chi connectivity index (χ2v) is 5.96. The molecule has 0 aromatic carbocycles. The predicted octanol–water partition coefficient (Wildman–Crippen LogP) is 0.377. The summed E-state index contributed by atoms with van der Waals surface area (Å²) in [4.78, 5) is 0. The summed E-state index contributed by atoms with van der Waals surface area (Å²) in [7, 11) is 0. The van der Waals surface area contributed by atoms with Gasteiger partial charge < -0.3 is 28.8 Å². The summed E-state index contributed by atoms with van der Waals surface area (Å²) in [5.41, 5.74) is 0. The largest absolute Gasteiger partial charge is 0.394 e. The summed E-state index contributed by atoms with van der Waals surface area (Å²) in [5.74, 6) is -2.39. The van der Waals surface area contributed by atoms with Crippen LogP contribution in [-0.4, -0.2) is 54.0 Å². The second-order valence-electron chi connectivity index (χ2n) is 5.96. The van der Waals surface area contributed by atoms with Gasteiger partial charge in [0.2, 0.25) is 5.79 Å². The molecule has 6 nitrogen and oxygen atoms in total. The zero-order valence-corrected chi connectivity index (χ0v) is 11.1. The first-order valence-electron chi connectivity index (χ1n) is 6.25. The number of rotatable bonds is 1. The molecule has 3 saturated heterocycles. The molecule has 3 heterocycles. The highest BCUT2D eigenvalue weighted by Gasteiger charge is 2.67. The minimum Gasteiger partial charge on any atom is -0.394 e. The van der Waals surface area contributed by atoms with E-state index in [1.807, 2.05) is 27.7 Å². The molecule has 3 aliphatic rings. The third kappa shape index (κ3) is 1.79. The Bertz CT molecular complexity index is 354. The van der Waals surface area contributed by atoms with Crippen molar-refractivity contribution in [1.82, 2.24) is 0 Å². The van der Waals surface area contributed by atoms with Crippen LogP contribution in [-0.2, 0) is 23.7 Å². The number of hydrogen-bond donors (Lipinski definition) is 1. The minimum atomic E-state index is -0.977.